The summed E-state index contributed by atoms with van der Waals surface area (Å²) in [5.41, 5.74) is 0. The largest absolute Gasteiger partial charge is 0.466 e. The Kier molecular flexibility index (Phi) is 14.8. The Bertz CT molecular complexity index is 395. The first-order valence-corrected chi connectivity index (χ1v) is 10.4. The van der Waals surface area contributed by atoms with Crippen LogP contribution >= 0.6 is 35.7 Å². The molecule has 0 aromatic carbocycles. The molecule has 1 aliphatic heterocycles. The van der Waals surface area contributed by atoms with Crippen LogP contribution in [0.4, 0.5) is 0 Å². The van der Waals surface area contributed by atoms with Gasteiger partial charge >= 0.3 is 5.97 Å². The van der Waals surface area contributed by atoms with Gasteiger partial charge in [-0.1, -0.05) is 26.7 Å². The minimum atomic E-state index is -0.0706. The van der Waals surface area contributed by atoms with Crippen LogP contribution in [-0.2, 0) is 9.53 Å². The summed E-state index contributed by atoms with van der Waals surface area (Å²) >= 11 is 2.08. The second-order valence-corrected chi connectivity index (χ2v) is 7.89. The van der Waals surface area contributed by atoms with Crippen LogP contribution in [0.1, 0.15) is 52.9 Å². The van der Waals surface area contributed by atoms with Gasteiger partial charge in [0.15, 0.2) is 5.96 Å². The normalized spacial score (nSPS) is 18.0. The second kappa shape index (κ2) is 14.9. The van der Waals surface area contributed by atoms with Crippen LogP contribution in [0.5, 0.6) is 0 Å². The highest BCUT2D eigenvalue weighted by Gasteiger charge is 2.24. The molecule has 7 heteroatoms. The van der Waals surface area contributed by atoms with E-state index in [9.17, 15) is 4.79 Å². The summed E-state index contributed by atoms with van der Waals surface area (Å²) in [5, 5.41) is 4.19. The van der Waals surface area contributed by atoms with Crippen LogP contribution in [0.25, 0.3) is 0 Å². The van der Waals surface area contributed by atoms with E-state index in [-0.39, 0.29) is 29.9 Å². The van der Waals surface area contributed by atoms with Gasteiger partial charge < -0.3 is 15.0 Å². The van der Waals surface area contributed by atoms with E-state index in [1.165, 1.54) is 5.75 Å². The van der Waals surface area contributed by atoms with Gasteiger partial charge in [0, 0.05) is 44.1 Å². The molecule has 0 aromatic rings. The molecule has 5 nitrogen and oxygen atoms in total. The van der Waals surface area contributed by atoms with Gasteiger partial charge in [-0.05, 0) is 25.7 Å². The van der Waals surface area contributed by atoms with E-state index < -0.39 is 0 Å². The zero-order chi connectivity index (χ0) is 17.8. The summed E-state index contributed by atoms with van der Waals surface area (Å²) < 4.78 is 4.93. The predicted octanol–water partition coefficient (Wildman–Crippen LogP) is 3.77. The second-order valence-electron chi connectivity index (χ2n) is 6.54. The van der Waals surface area contributed by atoms with E-state index in [0.717, 1.165) is 51.3 Å². The first kappa shape index (κ1) is 24.8. The smallest absolute Gasteiger partial charge is 0.305 e. The third kappa shape index (κ3) is 10.5. The molecule has 1 heterocycles. The maximum atomic E-state index is 11.3. The molecule has 25 heavy (non-hydrogen) atoms. The van der Waals surface area contributed by atoms with Crippen molar-refractivity contribution in [3.63, 3.8) is 0 Å². The standard InChI is InChI=1S/C18H35N3O2S.HI/c1-5-23-17(22)10-8-6-7-9-11-20-18(19-4)21-12-13-24-16(14-21)15(2)3;/h15-16H,5-14H2,1-4H3,(H,19,20);1H. The third-order valence-corrected chi connectivity index (χ3v) is 5.78. The molecule has 1 rings (SSSR count). The van der Waals surface area contributed by atoms with Crippen molar-refractivity contribution in [1.29, 1.82) is 0 Å². The molecular formula is C18H36IN3O2S. The number of carbonyl (C=O) groups is 1. The van der Waals surface area contributed by atoms with E-state index in [2.05, 4.69) is 40.8 Å². The number of ether oxygens (including phenoxy) is 1. The van der Waals surface area contributed by atoms with E-state index in [1.54, 1.807) is 0 Å². The van der Waals surface area contributed by atoms with Crippen LogP contribution in [0.15, 0.2) is 4.99 Å². The van der Waals surface area contributed by atoms with E-state index in [0.29, 0.717) is 24.2 Å². The minimum absolute atomic E-state index is 0. The van der Waals surface area contributed by atoms with Crippen LogP contribution < -0.4 is 5.32 Å². The molecule has 0 radical (unpaired) electrons. The lowest BCUT2D eigenvalue weighted by molar-refractivity contribution is -0.143. The van der Waals surface area contributed by atoms with Gasteiger partial charge in [-0.15, -0.1) is 24.0 Å². The Morgan fingerprint density at radius 1 is 1.32 bits per heavy atom. The van der Waals surface area contributed by atoms with Crippen molar-refractivity contribution in [2.75, 3.05) is 39.0 Å². The number of aliphatic imine (C=N–C) groups is 1. The molecule has 0 aliphatic carbocycles. The molecule has 148 valence electrons. The molecule has 1 saturated heterocycles. The minimum Gasteiger partial charge on any atom is -0.466 e. The van der Waals surface area contributed by atoms with Crippen molar-refractivity contribution in [2.45, 2.75) is 58.1 Å². The fraction of sp³-hybridized carbons (Fsp3) is 0.889. The number of halogens is 1. The summed E-state index contributed by atoms with van der Waals surface area (Å²) in [4.78, 5) is 18.1. The van der Waals surface area contributed by atoms with E-state index in [4.69, 9.17) is 4.74 Å². The number of esters is 1. The number of carbonyl (C=O) groups excluding carboxylic acids is 1. The summed E-state index contributed by atoms with van der Waals surface area (Å²) in [6.45, 7) is 10.0. The number of unbranched alkanes of at least 4 members (excludes halogenated alkanes) is 3. The Balaban J connectivity index is 0.00000576. The Morgan fingerprint density at radius 3 is 2.68 bits per heavy atom. The number of thioether (sulfide) groups is 1. The van der Waals surface area contributed by atoms with Crippen molar-refractivity contribution in [1.82, 2.24) is 10.2 Å². The number of hydrogen-bond donors (Lipinski definition) is 1. The first-order chi connectivity index (χ1) is 11.6. The lowest BCUT2D eigenvalue weighted by atomic mass is 10.1. The lowest BCUT2D eigenvalue weighted by Crippen LogP contribution is -2.49. The number of nitrogens with zero attached hydrogens (tertiary/aromatic N) is 2. The van der Waals surface area contributed by atoms with Crippen molar-refractivity contribution < 1.29 is 9.53 Å². The molecule has 1 aliphatic rings. The van der Waals surface area contributed by atoms with Gasteiger partial charge in [0.05, 0.1) is 6.61 Å². The first-order valence-electron chi connectivity index (χ1n) is 9.31. The van der Waals surface area contributed by atoms with Gasteiger partial charge in [0.2, 0.25) is 0 Å². The van der Waals surface area contributed by atoms with Gasteiger partial charge in [-0.25, -0.2) is 0 Å². The van der Waals surface area contributed by atoms with Crippen molar-refractivity contribution in [3.8, 4) is 0 Å². The molecule has 1 N–H and O–H groups in total. The molecule has 0 aromatic heterocycles. The van der Waals surface area contributed by atoms with E-state index in [1.807, 2.05) is 14.0 Å². The monoisotopic (exact) mass is 485 g/mol. The highest BCUT2D eigenvalue weighted by Crippen LogP contribution is 2.24. The fourth-order valence-corrected chi connectivity index (χ4v) is 4.08. The highest BCUT2D eigenvalue weighted by molar-refractivity contribution is 14.0. The molecule has 0 bridgehead atoms. The third-order valence-electron chi connectivity index (χ3n) is 4.24. The molecule has 1 fully saturated rings. The summed E-state index contributed by atoms with van der Waals surface area (Å²) in [6, 6.07) is 0. The Labute approximate surface area is 175 Å². The van der Waals surface area contributed by atoms with E-state index >= 15 is 0 Å². The maximum absolute atomic E-state index is 11.3. The Morgan fingerprint density at radius 2 is 2.04 bits per heavy atom. The van der Waals surface area contributed by atoms with Crippen LogP contribution in [0.2, 0.25) is 0 Å². The van der Waals surface area contributed by atoms with Gasteiger partial charge in [0.25, 0.3) is 0 Å². The molecule has 1 atom stereocenters. The van der Waals surface area contributed by atoms with Crippen LogP contribution in [0, 0.1) is 5.92 Å². The van der Waals surface area contributed by atoms with Crippen molar-refractivity contribution in [2.24, 2.45) is 10.9 Å². The van der Waals surface area contributed by atoms with Gasteiger partial charge in [-0.3, -0.25) is 9.79 Å². The summed E-state index contributed by atoms with van der Waals surface area (Å²) in [6.07, 6.45) is 4.79. The zero-order valence-corrected chi connectivity index (χ0v) is 19.4. The average molecular weight is 485 g/mol. The highest BCUT2D eigenvalue weighted by atomic mass is 127. The van der Waals surface area contributed by atoms with Crippen molar-refractivity contribution >= 4 is 47.7 Å². The molecular weight excluding hydrogens is 449 g/mol. The quantitative estimate of drug-likeness (QED) is 0.177. The maximum Gasteiger partial charge on any atom is 0.305 e. The topological polar surface area (TPSA) is 53.9 Å². The van der Waals surface area contributed by atoms with Gasteiger partial charge in [0.1, 0.15) is 0 Å². The molecule has 1 unspecified atom stereocenters. The summed E-state index contributed by atoms with van der Waals surface area (Å²) in [5.74, 6) is 2.85. The number of rotatable bonds is 9. The van der Waals surface area contributed by atoms with Crippen molar-refractivity contribution in [3.05, 3.63) is 0 Å². The number of hydrogen-bond acceptors (Lipinski definition) is 4. The lowest BCUT2D eigenvalue weighted by Gasteiger charge is -2.36. The SMILES string of the molecule is CCOC(=O)CCCCCCNC(=NC)N1CCSC(C(C)C)C1.I. The summed E-state index contributed by atoms with van der Waals surface area (Å²) in [7, 11) is 1.87. The Hall–Kier alpha value is -0.180. The zero-order valence-electron chi connectivity index (χ0n) is 16.3. The number of guanidine groups is 1. The van der Waals surface area contributed by atoms with Crippen LogP contribution in [-0.4, -0.2) is 61.1 Å². The average Bonchev–Trinajstić information content (AvgIpc) is 2.57. The fourth-order valence-electron chi connectivity index (χ4n) is 2.78. The number of nitrogens with one attached hydrogen (secondary N) is 1. The predicted molar refractivity (Wildman–Crippen MR) is 119 cm³/mol. The molecule has 0 amide bonds. The van der Waals surface area contributed by atoms with Gasteiger partial charge in [-0.2, -0.15) is 11.8 Å². The van der Waals surface area contributed by atoms with Crippen LogP contribution in [0.3, 0.4) is 0 Å². The molecule has 0 spiro atoms. The molecule has 0 saturated carbocycles.